The van der Waals surface area contributed by atoms with E-state index in [4.69, 9.17) is 0 Å². The molecular formula is C11H12N4O3. The molecule has 0 bridgehead atoms. The Bertz CT molecular complexity index is 539. The van der Waals surface area contributed by atoms with Crippen LogP contribution in [0.15, 0.2) is 29.1 Å². The molecule has 0 saturated heterocycles. The highest BCUT2D eigenvalue weighted by molar-refractivity contribution is 5.54. The van der Waals surface area contributed by atoms with E-state index in [1.165, 1.54) is 12.5 Å². The van der Waals surface area contributed by atoms with Gasteiger partial charge in [0, 0.05) is 30.3 Å². The maximum absolute atomic E-state index is 10.8. The molecule has 7 heteroatoms. The molecule has 1 heterocycles. The summed E-state index contributed by atoms with van der Waals surface area (Å²) in [7, 11) is 0. The van der Waals surface area contributed by atoms with Gasteiger partial charge in [-0.2, -0.15) is 4.98 Å². The van der Waals surface area contributed by atoms with Gasteiger partial charge in [-0.25, -0.2) is 0 Å². The van der Waals surface area contributed by atoms with E-state index in [9.17, 15) is 10.1 Å². The Balaban J connectivity index is 1.97. The van der Waals surface area contributed by atoms with Gasteiger partial charge >= 0.3 is 0 Å². The first-order valence-corrected chi connectivity index (χ1v) is 5.41. The van der Waals surface area contributed by atoms with Gasteiger partial charge in [0.15, 0.2) is 5.82 Å². The van der Waals surface area contributed by atoms with Crippen molar-refractivity contribution in [3.05, 3.63) is 46.1 Å². The van der Waals surface area contributed by atoms with Crippen LogP contribution < -0.4 is 5.32 Å². The van der Waals surface area contributed by atoms with Crippen LogP contribution in [0.3, 0.4) is 0 Å². The van der Waals surface area contributed by atoms with Gasteiger partial charge in [-0.05, 0) is 13.0 Å². The fraction of sp³-hybridized carbons (Fsp3) is 0.273. The highest BCUT2D eigenvalue weighted by Crippen LogP contribution is 2.22. The van der Waals surface area contributed by atoms with E-state index in [1.807, 2.05) is 0 Å². The van der Waals surface area contributed by atoms with Crippen LogP contribution in [0.4, 0.5) is 11.4 Å². The lowest BCUT2D eigenvalue weighted by atomic mass is 10.2. The molecule has 18 heavy (non-hydrogen) atoms. The minimum absolute atomic E-state index is 0.111. The lowest BCUT2D eigenvalue weighted by molar-refractivity contribution is -0.385. The summed E-state index contributed by atoms with van der Waals surface area (Å²) in [5.41, 5.74) is 1.46. The average Bonchev–Trinajstić information content (AvgIpc) is 2.84. The van der Waals surface area contributed by atoms with Crippen molar-refractivity contribution in [2.45, 2.75) is 13.3 Å². The van der Waals surface area contributed by atoms with Gasteiger partial charge in [-0.1, -0.05) is 11.2 Å². The Morgan fingerprint density at radius 1 is 1.50 bits per heavy atom. The second-order valence-corrected chi connectivity index (χ2v) is 3.78. The highest BCUT2D eigenvalue weighted by Gasteiger charge is 2.10. The fourth-order valence-corrected chi connectivity index (χ4v) is 1.54. The van der Waals surface area contributed by atoms with Crippen LogP contribution in [0.1, 0.15) is 11.4 Å². The van der Waals surface area contributed by atoms with Crippen molar-refractivity contribution in [2.75, 3.05) is 11.9 Å². The minimum atomic E-state index is -0.389. The van der Waals surface area contributed by atoms with Crippen LogP contribution in [0.25, 0.3) is 0 Å². The largest absolute Gasteiger partial charge is 0.384 e. The van der Waals surface area contributed by atoms with Crippen LogP contribution >= 0.6 is 0 Å². The molecule has 0 saturated carbocycles. The molecule has 1 aromatic carbocycles. The summed E-state index contributed by atoms with van der Waals surface area (Å²) in [6.07, 6.45) is 1.87. The van der Waals surface area contributed by atoms with E-state index < -0.39 is 0 Å². The zero-order chi connectivity index (χ0) is 13.0. The van der Waals surface area contributed by atoms with Crippen molar-refractivity contribution < 1.29 is 9.45 Å². The predicted molar refractivity (Wildman–Crippen MR) is 64.3 cm³/mol. The molecule has 2 rings (SSSR count). The smallest absolute Gasteiger partial charge is 0.274 e. The van der Waals surface area contributed by atoms with Crippen molar-refractivity contribution in [1.29, 1.82) is 0 Å². The van der Waals surface area contributed by atoms with E-state index in [0.29, 0.717) is 30.0 Å². The third kappa shape index (κ3) is 2.82. The van der Waals surface area contributed by atoms with Crippen LogP contribution in [0.2, 0.25) is 0 Å². The topological polar surface area (TPSA) is 94.1 Å². The number of nitrogens with zero attached hydrogens (tertiary/aromatic N) is 3. The molecule has 0 aliphatic rings. The van der Waals surface area contributed by atoms with Crippen LogP contribution in [-0.2, 0) is 6.42 Å². The number of nitro benzene ring substituents is 1. The maximum Gasteiger partial charge on any atom is 0.274 e. The van der Waals surface area contributed by atoms with Gasteiger partial charge in [-0.15, -0.1) is 0 Å². The third-order valence-electron chi connectivity index (χ3n) is 2.49. The summed E-state index contributed by atoms with van der Waals surface area (Å²) in [5.74, 6) is 0.601. The van der Waals surface area contributed by atoms with Crippen molar-refractivity contribution >= 4 is 11.4 Å². The number of nitrogens with one attached hydrogen (secondary N) is 1. The first kappa shape index (κ1) is 12.0. The summed E-state index contributed by atoms with van der Waals surface area (Å²) in [6, 6.07) is 5.04. The van der Waals surface area contributed by atoms with E-state index in [-0.39, 0.29) is 10.6 Å². The molecule has 0 spiro atoms. The normalized spacial score (nSPS) is 10.3. The van der Waals surface area contributed by atoms with Gasteiger partial charge in [0.25, 0.3) is 5.69 Å². The molecule has 94 valence electrons. The number of nitro groups is 1. The molecular weight excluding hydrogens is 236 g/mol. The summed E-state index contributed by atoms with van der Waals surface area (Å²) in [5, 5.41) is 17.5. The number of aryl methyl sites for hydroxylation is 1. The van der Waals surface area contributed by atoms with Gasteiger partial charge in [0.2, 0.25) is 6.39 Å². The first-order valence-electron chi connectivity index (χ1n) is 5.41. The minimum Gasteiger partial charge on any atom is -0.384 e. The maximum atomic E-state index is 10.8. The number of rotatable bonds is 5. The van der Waals surface area contributed by atoms with Crippen LogP contribution in [0, 0.1) is 17.0 Å². The molecule has 0 aliphatic heterocycles. The molecule has 0 fully saturated rings. The molecule has 1 N–H and O–H groups in total. The van der Waals surface area contributed by atoms with Crippen molar-refractivity contribution in [1.82, 2.24) is 10.1 Å². The SMILES string of the molecule is Cc1ccc(NCCc2ncon2)cc1[N+](=O)[O-]. The number of anilines is 1. The van der Waals surface area contributed by atoms with Gasteiger partial charge in [0.05, 0.1) is 4.92 Å². The Labute approximate surface area is 103 Å². The highest BCUT2D eigenvalue weighted by atomic mass is 16.6. The standard InChI is InChI=1S/C11H12N4O3/c1-8-2-3-9(6-10(8)15(16)17)12-5-4-11-13-7-18-14-11/h2-3,6-7,12H,4-5H2,1H3. The van der Waals surface area contributed by atoms with E-state index in [1.54, 1.807) is 19.1 Å². The monoisotopic (exact) mass is 248 g/mol. The van der Waals surface area contributed by atoms with E-state index in [0.717, 1.165) is 0 Å². The summed E-state index contributed by atoms with van der Waals surface area (Å²) in [4.78, 5) is 14.3. The number of aromatic nitrogens is 2. The zero-order valence-electron chi connectivity index (χ0n) is 9.79. The first-order chi connectivity index (χ1) is 8.66. The quantitative estimate of drug-likeness (QED) is 0.641. The zero-order valence-corrected chi connectivity index (χ0v) is 9.79. The van der Waals surface area contributed by atoms with Crippen LogP contribution in [0.5, 0.6) is 0 Å². The average molecular weight is 248 g/mol. The Morgan fingerprint density at radius 2 is 2.33 bits per heavy atom. The molecule has 0 radical (unpaired) electrons. The van der Waals surface area contributed by atoms with Gasteiger partial charge in [-0.3, -0.25) is 10.1 Å². The van der Waals surface area contributed by atoms with Gasteiger partial charge in [0.1, 0.15) is 0 Å². The second-order valence-electron chi connectivity index (χ2n) is 3.78. The van der Waals surface area contributed by atoms with Gasteiger partial charge < -0.3 is 9.84 Å². The number of hydrogen-bond acceptors (Lipinski definition) is 6. The number of benzene rings is 1. The molecule has 0 unspecified atom stereocenters. The Hall–Kier alpha value is -2.44. The lowest BCUT2D eigenvalue weighted by Crippen LogP contribution is -2.06. The van der Waals surface area contributed by atoms with Crippen molar-refractivity contribution in [3.63, 3.8) is 0 Å². The molecule has 0 atom stereocenters. The van der Waals surface area contributed by atoms with Crippen LogP contribution in [-0.4, -0.2) is 21.6 Å². The summed E-state index contributed by atoms with van der Waals surface area (Å²) >= 11 is 0. The molecule has 7 nitrogen and oxygen atoms in total. The predicted octanol–water partition coefficient (Wildman–Crippen LogP) is 1.94. The Kier molecular flexibility index (Phi) is 3.52. The van der Waals surface area contributed by atoms with E-state index >= 15 is 0 Å². The Morgan fingerprint density at radius 3 is 3.00 bits per heavy atom. The summed E-state index contributed by atoms with van der Waals surface area (Å²) < 4.78 is 4.61. The van der Waals surface area contributed by atoms with E-state index in [2.05, 4.69) is 20.0 Å². The lowest BCUT2D eigenvalue weighted by Gasteiger charge is -2.05. The fourth-order valence-electron chi connectivity index (χ4n) is 1.54. The molecule has 2 aromatic rings. The molecule has 1 aromatic heterocycles. The number of hydrogen-bond donors (Lipinski definition) is 1. The second kappa shape index (κ2) is 5.26. The summed E-state index contributed by atoms with van der Waals surface area (Å²) in [6.45, 7) is 2.29. The molecule has 0 amide bonds. The van der Waals surface area contributed by atoms with Crippen molar-refractivity contribution in [2.24, 2.45) is 0 Å². The molecule has 0 aliphatic carbocycles. The van der Waals surface area contributed by atoms with Crippen molar-refractivity contribution in [3.8, 4) is 0 Å². The third-order valence-corrected chi connectivity index (χ3v) is 2.49.